The molecule has 0 fully saturated rings. The van der Waals surface area contributed by atoms with Gasteiger partial charge < -0.3 is 5.32 Å². The Balaban J connectivity index is 1.60. The molecule has 4 aromatic carbocycles. The van der Waals surface area contributed by atoms with Gasteiger partial charge in [0.05, 0.1) is 17.4 Å². The molecular formula is C32H26N2. The van der Waals surface area contributed by atoms with Crippen molar-refractivity contribution in [3.63, 3.8) is 0 Å². The maximum Gasteiger partial charge on any atom is 0.0952 e. The molecule has 2 heterocycles. The maximum absolute atomic E-state index is 5.27. The van der Waals surface area contributed by atoms with Gasteiger partial charge in [0, 0.05) is 22.4 Å². The summed E-state index contributed by atoms with van der Waals surface area (Å²) in [7, 11) is 0. The Morgan fingerprint density at radius 2 is 1.29 bits per heavy atom. The van der Waals surface area contributed by atoms with Crippen LogP contribution in [0.25, 0.3) is 33.5 Å². The van der Waals surface area contributed by atoms with E-state index in [0.717, 1.165) is 17.0 Å². The number of pyridine rings is 1. The van der Waals surface area contributed by atoms with Crippen LogP contribution in [-0.2, 0) is 0 Å². The van der Waals surface area contributed by atoms with Crippen molar-refractivity contribution in [2.75, 3.05) is 5.32 Å². The normalized spacial score (nSPS) is 14.1. The molecule has 2 nitrogen and oxygen atoms in total. The van der Waals surface area contributed by atoms with Gasteiger partial charge in [-0.1, -0.05) is 103 Å². The lowest BCUT2D eigenvalue weighted by Crippen LogP contribution is -2.21. The number of benzene rings is 4. The third kappa shape index (κ3) is 3.48. The van der Waals surface area contributed by atoms with E-state index in [0.29, 0.717) is 0 Å². The number of anilines is 1. The van der Waals surface area contributed by atoms with Crippen LogP contribution in [0.2, 0.25) is 0 Å². The van der Waals surface area contributed by atoms with Gasteiger partial charge in [-0.15, -0.1) is 0 Å². The monoisotopic (exact) mass is 438 g/mol. The van der Waals surface area contributed by atoms with E-state index in [1.807, 2.05) is 6.07 Å². The molecule has 0 aliphatic carbocycles. The quantitative estimate of drug-likeness (QED) is 0.307. The van der Waals surface area contributed by atoms with E-state index in [2.05, 4.69) is 122 Å². The number of rotatable bonds is 3. The topological polar surface area (TPSA) is 24.9 Å². The fourth-order valence-corrected chi connectivity index (χ4v) is 5.13. The van der Waals surface area contributed by atoms with Gasteiger partial charge in [0.25, 0.3) is 0 Å². The minimum atomic E-state index is -0.0519. The van der Waals surface area contributed by atoms with Gasteiger partial charge in [0.1, 0.15) is 0 Å². The van der Waals surface area contributed by atoms with Crippen LogP contribution in [0, 0.1) is 13.8 Å². The van der Waals surface area contributed by atoms with Crippen LogP contribution in [0.1, 0.15) is 28.4 Å². The third-order valence-corrected chi connectivity index (χ3v) is 6.68. The molecule has 164 valence electrons. The van der Waals surface area contributed by atoms with Crippen LogP contribution in [0.5, 0.6) is 0 Å². The molecule has 0 amide bonds. The third-order valence-electron chi connectivity index (χ3n) is 6.68. The fraction of sp³-hybridized carbons (Fsp3) is 0.0938. The van der Waals surface area contributed by atoms with E-state index >= 15 is 0 Å². The summed E-state index contributed by atoms with van der Waals surface area (Å²) >= 11 is 0. The number of aromatic nitrogens is 1. The maximum atomic E-state index is 5.27. The van der Waals surface area contributed by atoms with Gasteiger partial charge in [-0.25, -0.2) is 4.98 Å². The molecule has 1 atom stereocenters. The first kappa shape index (κ1) is 20.4. The predicted molar refractivity (Wildman–Crippen MR) is 142 cm³/mol. The summed E-state index contributed by atoms with van der Waals surface area (Å²) in [6.45, 7) is 4.35. The zero-order chi connectivity index (χ0) is 23.1. The molecule has 0 bridgehead atoms. The summed E-state index contributed by atoms with van der Waals surface area (Å²) in [5, 5.41) is 3.89. The molecule has 1 aromatic heterocycles. The molecule has 5 aromatic rings. The zero-order valence-corrected chi connectivity index (χ0v) is 19.4. The molecule has 0 spiro atoms. The summed E-state index contributed by atoms with van der Waals surface area (Å²) in [6, 6.07) is 38.6. The highest BCUT2D eigenvalue weighted by Crippen LogP contribution is 2.46. The molecule has 6 rings (SSSR count). The highest BCUT2D eigenvalue weighted by Gasteiger charge is 2.30. The number of nitrogens with one attached hydrogen (secondary N) is 1. The van der Waals surface area contributed by atoms with Crippen molar-refractivity contribution in [3.8, 4) is 33.5 Å². The Labute approximate surface area is 201 Å². The van der Waals surface area contributed by atoms with Crippen molar-refractivity contribution in [3.05, 3.63) is 132 Å². The van der Waals surface area contributed by atoms with Crippen LogP contribution in [0.4, 0.5) is 5.69 Å². The van der Waals surface area contributed by atoms with E-state index < -0.39 is 0 Å². The van der Waals surface area contributed by atoms with Gasteiger partial charge in [-0.2, -0.15) is 0 Å². The van der Waals surface area contributed by atoms with Crippen molar-refractivity contribution in [1.29, 1.82) is 0 Å². The highest BCUT2D eigenvalue weighted by molar-refractivity contribution is 5.88. The molecule has 1 unspecified atom stereocenters. The molecule has 0 saturated carbocycles. The SMILES string of the molecule is Cc1cc(C)c2c(c1)-c1ccc(-c3ccccc3)nc1C(c1ccccc1-c1ccccc1)N2. The zero-order valence-electron chi connectivity index (χ0n) is 19.4. The summed E-state index contributed by atoms with van der Waals surface area (Å²) in [5.41, 5.74) is 13.0. The Hall–Kier alpha value is -4.17. The lowest BCUT2D eigenvalue weighted by atomic mass is 9.85. The highest BCUT2D eigenvalue weighted by atomic mass is 15.0. The number of fused-ring (bicyclic) bond motifs is 3. The second-order valence-corrected chi connectivity index (χ2v) is 9.03. The Morgan fingerprint density at radius 1 is 0.618 bits per heavy atom. The lowest BCUT2D eigenvalue weighted by molar-refractivity contribution is 0.880. The van der Waals surface area contributed by atoms with Crippen molar-refractivity contribution in [2.45, 2.75) is 19.9 Å². The first-order valence-electron chi connectivity index (χ1n) is 11.8. The molecule has 2 heteroatoms. The Bertz CT molecular complexity index is 1490. The second kappa shape index (κ2) is 8.31. The number of hydrogen-bond acceptors (Lipinski definition) is 2. The Kier molecular flexibility index (Phi) is 5.00. The van der Waals surface area contributed by atoms with Crippen molar-refractivity contribution in [2.24, 2.45) is 0 Å². The van der Waals surface area contributed by atoms with Gasteiger partial charge in [-0.3, -0.25) is 0 Å². The van der Waals surface area contributed by atoms with Crippen molar-refractivity contribution in [1.82, 2.24) is 4.98 Å². The van der Waals surface area contributed by atoms with Gasteiger partial charge in [0.2, 0.25) is 0 Å². The standard InChI is InChI=1S/C32H26N2/c1-21-19-22(2)30-28(20-21)27-17-18-29(24-13-7-4-8-14-24)33-31(27)32(34-30)26-16-10-9-15-25(26)23-11-5-3-6-12-23/h3-20,32,34H,1-2H3. The van der Waals surface area contributed by atoms with E-state index in [4.69, 9.17) is 4.98 Å². The number of nitrogens with zero attached hydrogens (tertiary/aromatic N) is 1. The minimum Gasteiger partial charge on any atom is -0.372 e. The fourth-order valence-electron chi connectivity index (χ4n) is 5.13. The summed E-state index contributed by atoms with van der Waals surface area (Å²) < 4.78 is 0. The lowest BCUT2D eigenvalue weighted by Gasteiger charge is -2.32. The average molecular weight is 439 g/mol. The molecule has 0 saturated heterocycles. The van der Waals surface area contributed by atoms with Crippen molar-refractivity contribution < 1.29 is 0 Å². The van der Waals surface area contributed by atoms with Crippen LogP contribution >= 0.6 is 0 Å². The predicted octanol–water partition coefficient (Wildman–Crippen LogP) is 8.21. The number of aryl methyl sites for hydroxylation is 2. The van der Waals surface area contributed by atoms with E-state index in [1.165, 1.54) is 44.6 Å². The van der Waals surface area contributed by atoms with Gasteiger partial charge in [-0.05, 0) is 48.2 Å². The molecule has 1 aliphatic rings. The van der Waals surface area contributed by atoms with Crippen LogP contribution in [-0.4, -0.2) is 4.98 Å². The van der Waals surface area contributed by atoms with E-state index in [-0.39, 0.29) is 6.04 Å². The van der Waals surface area contributed by atoms with Crippen LogP contribution < -0.4 is 5.32 Å². The van der Waals surface area contributed by atoms with Crippen LogP contribution in [0.15, 0.2) is 109 Å². The van der Waals surface area contributed by atoms with E-state index in [1.54, 1.807) is 0 Å². The largest absolute Gasteiger partial charge is 0.372 e. The summed E-state index contributed by atoms with van der Waals surface area (Å²) in [4.78, 5) is 5.27. The summed E-state index contributed by atoms with van der Waals surface area (Å²) in [5.74, 6) is 0. The molecule has 1 aliphatic heterocycles. The summed E-state index contributed by atoms with van der Waals surface area (Å²) in [6.07, 6.45) is 0. The first-order valence-corrected chi connectivity index (χ1v) is 11.8. The first-order chi connectivity index (χ1) is 16.7. The van der Waals surface area contributed by atoms with E-state index in [9.17, 15) is 0 Å². The van der Waals surface area contributed by atoms with Gasteiger partial charge >= 0.3 is 0 Å². The van der Waals surface area contributed by atoms with Crippen LogP contribution in [0.3, 0.4) is 0 Å². The van der Waals surface area contributed by atoms with Gasteiger partial charge in [0.15, 0.2) is 0 Å². The smallest absolute Gasteiger partial charge is 0.0952 e. The Morgan fingerprint density at radius 3 is 2.06 bits per heavy atom. The molecule has 34 heavy (non-hydrogen) atoms. The van der Waals surface area contributed by atoms with Crippen molar-refractivity contribution >= 4 is 5.69 Å². The second-order valence-electron chi connectivity index (χ2n) is 9.03. The molecule has 1 N–H and O–H groups in total. The molecule has 0 radical (unpaired) electrons. The average Bonchev–Trinajstić information content (AvgIpc) is 2.89. The molecular weight excluding hydrogens is 412 g/mol. The number of hydrogen-bond donors (Lipinski definition) is 1. The minimum absolute atomic E-state index is 0.0519.